The summed E-state index contributed by atoms with van der Waals surface area (Å²) in [6, 6.07) is 0. The number of nitrogen functional groups attached to an aromatic ring is 1. The Morgan fingerprint density at radius 2 is 2.23 bits per heavy atom. The molecule has 4 heteroatoms. The van der Waals surface area contributed by atoms with Crippen molar-refractivity contribution in [3.63, 3.8) is 0 Å². The zero-order valence-corrected chi connectivity index (χ0v) is 7.70. The molecular formula is C9H14N4. The standard InChI is InChI=1S/C9H14N4/c1-6-4-7(6)5-13-9-8(10)11-2-3-12-9/h2-3,6-7H,4-5H2,1H3,(H2,10,11)(H,12,13). The van der Waals surface area contributed by atoms with Gasteiger partial charge in [0.05, 0.1) is 0 Å². The summed E-state index contributed by atoms with van der Waals surface area (Å²) in [4.78, 5) is 8.05. The topological polar surface area (TPSA) is 63.8 Å². The van der Waals surface area contributed by atoms with E-state index < -0.39 is 0 Å². The molecule has 0 aromatic carbocycles. The molecule has 0 saturated heterocycles. The van der Waals surface area contributed by atoms with E-state index in [0.717, 1.165) is 18.4 Å². The number of nitrogens with two attached hydrogens (primary N) is 1. The summed E-state index contributed by atoms with van der Waals surface area (Å²) in [6.07, 6.45) is 4.56. The van der Waals surface area contributed by atoms with Crippen LogP contribution in [0, 0.1) is 11.8 Å². The fourth-order valence-corrected chi connectivity index (χ4v) is 1.40. The summed E-state index contributed by atoms with van der Waals surface area (Å²) in [5, 5.41) is 3.21. The Kier molecular flexibility index (Phi) is 2.04. The van der Waals surface area contributed by atoms with E-state index in [4.69, 9.17) is 5.73 Å². The molecule has 0 spiro atoms. The van der Waals surface area contributed by atoms with Crippen LogP contribution in [-0.4, -0.2) is 16.5 Å². The summed E-state index contributed by atoms with van der Waals surface area (Å²) < 4.78 is 0. The van der Waals surface area contributed by atoms with Crippen LogP contribution in [0.3, 0.4) is 0 Å². The van der Waals surface area contributed by atoms with Crippen LogP contribution < -0.4 is 11.1 Å². The molecule has 1 aromatic heterocycles. The summed E-state index contributed by atoms with van der Waals surface area (Å²) in [6.45, 7) is 3.22. The van der Waals surface area contributed by atoms with Crippen molar-refractivity contribution in [2.75, 3.05) is 17.6 Å². The number of nitrogens with zero attached hydrogens (tertiary/aromatic N) is 2. The molecule has 1 heterocycles. The number of hydrogen-bond acceptors (Lipinski definition) is 4. The summed E-state index contributed by atoms with van der Waals surface area (Å²) >= 11 is 0. The zero-order chi connectivity index (χ0) is 9.26. The van der Waals surface area contributed by atoms with Crippen LogP contribution in [0.1, 0.15) is 13.3 Å². The molecule has 1 aromatic rings. The van der Waals surface area contributed by atoms with Gasteiger partial charge in [-0.3, -0.25) is 0 Å². The molecule has 0 amide bonds. The van der Waals surface area contributed by atoms with Gasteiger partial charge in [0.2, 0.25) is 0 Å². The first-order valence-electron chi connectivity index (χ1n) is 4.57. The van der Waals surface area contributed by atoms with Gasteiger partial charge in [0.1, 0.15) is 0 Å². The van der Waals surface area contributed by atoms with Crippen LogP contribution in [-0.2, 0) is 0 Å². The molecule has 0 radical (unpaired) electrons. The molecule has 4 nitrogen and oxygen atoms in total. The minimum Gasteiger partial charge on any atom is -0.381 e. The first-order chi connectivity index (χ1) is 6.27. The molecule has 70 valence electrons. The van der Waals surface area contributed by atoms with E-state index in [1.807, 2.05) is 0 Å². The lowest BCUT2D eigenvalue weighted by Gasteiger charge is -2.05. The first-order valence-corrected chi connectivity index (χ1v) is 4.57. The van der Waals surface area contributed by atoms with Crippen molar-refractivity contribution in [1.82, 2.24) is 9.97 Å². The molecule has 3 N–H and O–H groups in total. The number of anilines is 2. The number of hydrogen-bond donors (Lipinski definition) is 2. The van der Waals surface area contributed by atoms with Gasteiger partial charge in [-0.1, -0.05) is 6.92 Å². The van der Waals surface area contributed by atoms with Gasteiger partial charge in [0.25, 0.3) is 0 Å². The van der Waals surface area contributed by atoms with Crippen molar-refractivity contribution < 1.29 is 0 Å². The molecule has 1 fully saturated rings. The second-order valence-electron chi connectivity index (χ2n) is 3.64. The summed E-state index contributed by atoms with van der Waals surface area (Å²) in [5.74, 6) is 2.84. The van der Waals surface area contributed by atoms with Crippen molar-refractivity contribution >= 4 is 11.6 Å². The van der Waals surface area contributed by atoms with Crippen LogP contribution >= 0.6 is 0 Å². The molecular weight excluding hydrogens is 164 g/mol. The molecule has 2 rings (SSSR count). The lowest BCUT2D eigenvalue weighted by molar-refractivity contribution is 0.784. The predicted octanol–water partition coefficient (Wildman–Crippen LogP) is 1.13. The van der Waals surface area contributed by atoms with Gasteiger partial charge in [-0.15, -0.1) is 0 Å². The maximum atomic E-state index is 5.63. The quantitative estimate of drug-likeness (QED) is 0.728. The van der Waals surface area contributed by atoms with Gasteiger partial charge in [-0.05, 0) is 18.3 Å². The fourth-order valence-electron chi connectivity index (χ4n) is 1.40. The van der Waals surface area contributed by atoms with Crippen LogP contribution in [0.25, 0.3) is 0 Å². The third-order valence-electron chi connectivity index (χ3n) is 2.53. The van der Waals surface area contributed by atoms with Crippen LogP contribution in [0.4, 0.5) is 11.6 Å². The molecule has 0 aliphatic heterocycles. The number of aromatic nitrogens is 2. The lowest BCUT2D eigenvalue weighted by atomic mass is 10.3. The third-order valence-corrected chi connectivity index (χ3v) is 2.53. The molecule has 13 heavy (non-hydrogen) atoms. The molecule has 1 aliphatic rings. The van der Waals surface area contributed by atoms with E-state index in [1.165, 1.54) is 6.42 Å². The van der Waals surface area contributed by atoms with Crippen molar-refractivity contribution in [2.45, 2.75) is 13.3 Å². The van der Waals surface area contributed by atoms with E-state index in [9.17, 15) is 0 Å². The largest absolute Gasteiger partial charge is 0.381 e. The van der Waals surface area contributed by atoms with Crippen molar-refractivity contribution in [1.29, 1.82) is 0 Å². The Hall–Kier alpha value is -1.32. The fraction of sp³-hybridized carbons (Fsp3) is 0.556. The highest BCUT2D eigenvalue weighted by atomic mass is 15.1. The van der Waals surface area contributed by atoms with E-state index in [0.29, 0.717) is 11.6 Å². The summed E-state index contributed by atoms with van der Waals surface area (Å²) in [7, 11) is 0. The van der Waals surface area contributed by atoms with Gasteiger partial charge in [-0.25, -0.2) is 9.97 Å². The number of nitrogens with one attached hydrogen (secondary N) is 1. The van der Waals surface area contributed by atoms with Gasteiger partial charge in [0, 0.05) is 18.9 Å². The Morgan fingerprint density at radius 1 is 1.54 bits per heavy atom. The Balaban J connectivity index is 1.90. The molecule has 2 atom stereocenters. The highest BCUT2D eigenvalue weighted by molar-refractivity contribution is 5.54. The van der Waals surface area contributed by atoms with Gasteiger partial charge >= 0.3 is 0 Å². The smallest absolute Gasteiger partial charge is 0.168 e. The minimum atomic E-state index is 0.482. The average Bonchev–Trinajstić information content (AvgIpc) is 2.81. The monoisotopic (exact) mass is 178 g/mol. The molecule has 0 bridgehead atoms. The minimum absolute atomic E-state index is 0.482. The summed E-state index contributed by atoms with van der Waals surface area (Å²) in [5.41, 5.74) is 5.63. The lowest BCUT2D eigenvalue weighted by Crippen LogP contribution is -2.08. The van der Waals surface area contributed by atoms with E-state index in [2.05, 4.69) is 22.2 Å². The van der Waals surface area contributed by atoms with Crippen molar-refractivity contribution in [2.24, 2.45) is 11.8 Å². The second kappa shape index (κ2) is 3.20. The number of rotatable bonds is 3. The molecule has 1 aliphatic carbocycles. The Morgan fingerprint density at radius 3 is 2.85 bits per heavy atom. The SMILES string of the molecule is CC1CC1CNc1nccnc1N. The highest BCUT2D eigenvalue weighted by Crippen LogP contribution is 2.37. The van der Waals surface area contributed by atoms with E-state index >= 15 is 0 Å². The average molecular weight is 178 g/mol. The predicted molar refractivity (Wildman–Crippen MR) is 52.2 cm³/mol. The highest BCUT2D eigenvalue weighted by Gasteiger charge is 2.32. The van der Waals surface area contributed by atoms with Gasteiger partial charge < -0.3 is 11.1 Å². The van der Waals surface area contributed by atoms with Crippen LogP contribution in [0.5, 0.6) is 0 Å². The van der Waals surface area contributed by atoms with Crippen molar-refractivity contribution in [3.05, 3.63) is 12.4 Å². The third kappa shape index (κ3) is 1.88. The maximum absolute atomic E-state index is 5.63. The van der Waals surface area contributed by atoms with Gasteiger partial charge in [0.15, 0.2) is 11.6 Å². The zero-order valence-electron chi connectivity index (χ0n) is 7.70. The Labute approximate surface area is 77.6 Å². The van der Waals surface area contributed by atoms with Crippen LogP contribution in [0.15, 0.2) is 12.4 Å². The maximum Gasteiger partial charge on any atom is 0.168 e. The molecule has 2 unspecified atom stereocenters. The normalized spacial score (nSPS) is 25.6. The first kappa shape index (κ1) is 8.29. The molecule has 1 saturated carbocycles. The Bertz CT molecular complexity index is 299. The second-order valence-corrected chi connectivity index (χ2v) is 3.64. The van der Waals surface area contributed by atoms with Gasteiger partial charge in [-0.2, -0.15) is 0 Å². The van der Waals surface area contributed by atoms with Crippen LogP contribution in [0.2, 0.25) is 0 Å². The van der Waals surface area contributed by atoms with Crippen molar-refractivity contribution in [3.8, 4) is 0 Å². The van der Waals surface area contributed by atoms with E-state index in [-0.39, 0.29) is 0 Å². The van der Waals surface area contributed by atoms with E-state index in [1.54, 1.807) is 12.4 Å².